The molecule has 0 saturated carbocycles. The summed E-state index contributed by atoms with van der Waals surface area (Å²) in [5.41, 5.74) is 4.03. The van der Waals surface area contributed by atoms with Gasteiger partial charge in [0.1, 0.15) is 5.58 Å². The Balaban J connectivity index is 1.51. The van der Waals surface area contributed by atoms with Crippen LogP contribution in [0.2, 0.25) is 0 Å². The van der Waals surface area contributed by atoms with Crippen molar-refractivity contribution in [2.45, 2.75) is 26.5 Å². The average molecular weight is 450 g/mol. The highest BCUT2D eigenvalue weighted by molar-refractivity contribution is 7.14. The van der Waals surface area contributed by atoms with Crippen LogP contribution in [0, 0.1) is 0 Å². The first kappa shape index (κ1) is 21.7. The summed E-state index contributed by atoms with van der Waals surface area (Å²) in [6.07, 6.45) is 0. The second-order valence-electron chi connectivity index (χ2n) is 7.38. The van der Waals surface area contributed by atoms with Crippen molar-refractivity contribution < 1.29 is 18.7 Å². The normalized spacial score (nSPS) is 12.0. The Bertz CT molecular complexity index is 1260. The number of hydrogen-bond donors (Lipinski definition) is 2. The lowest BCUT2D eigenvalue weighted by molar-refractivity contribution is -0.119. The average Bonchev–Trinajstić information content (AvgIpc) is 3.39. The maximum absolute atomic E-state index is 12.9. The van der Waals surface area contributed by atoms with Gasteiger partial charge in [0.2, 0.25) is 5.91 Å². The number of carbonyl (C=O) groups excluding carboxylic acids is 2. The van der Waals surface area contributed by atoms with Crippen LogP contribution in [-0.2, 0) is 16.1 Å². The molecule has 8 heteroatoms. The Morgan fingerprint density at radius 2 is 1.91 bits per heavy atom. The van der Waals surface area contributed by atoms with Crippen LogP contribution in [0.1, 0.15) is 41.6 Å². The Morgan fingerprint density at radius 3 is 2.62 bits per heavy atom. The number of carbonyl (C=O) groups is 2. The van der Waals surface area contributed by atoms with Crippen LogP contribution < -0.4 is 10.6 Å². The van der Waals surface area contributed by atoms with E-state index in [9.17, 15) is 9.59 Å². The molecule has 1 atom stereocenters. The van der Waals surface area contributed by atoms with E-state index in [1.54, 1.807) is 7.11 Å². The summed E-state index contributed by atoms with van der Waals surface area (Å²) in [4.78, 5) is 28.7. The summed E-state index contributed by atoms with van der Waals surface area (Å²) in [7, 11) is 1.58. The summed E-state index contributed by atoms with van der Waals surface area (Å²) in [6, 6.07) is 15.2. The zero-order chi connectivity index (χ0) is 22.7. The van der Waals surface area contributed by atoms with Crippen molar-refractivity contribution in [2.24, 2.45) is 0 Å². The van der Waals surface area contributed by atoms with E-state index in [-0.39, 0.29) is 30.2 Å². The van der Waals surface area contributed by atoms with Crippen molar-refractivity contribution in [1.29, 1.82) is 0 Å². The molecule has 0 aliphatic rings. The van der Waals surface area contributed by atoms with E-state index in [1.807, 2.05) is 60.8 Å². The van der Waals surface area contributed by atoms with Crippen LogP contribution in [0.4, 0.5) is 5.13 Å². The molecule has 4 aromatic rings. The molecule has 7 nitrogen and oxygen atoms in total. The van der Waals surface area contributed by atoms with Gasteiger partial charge < -0.3 is 14.5 Å². The van der Waals surface area contributed by atoms with Crippen molar-refractivity contribution in [2.75, 3.05) is 12.4 Å². The van der Waals surface area contributed by atoms with Crippen LogP contribution in [-0.4, -0.2) is 23.9 Å². The number of amides is 2. The summed E-state index contributed by atoms with van der Waals surface area (Å²) in [5.74, 6) is -0.214. The number of aromatic nitrogens is 1. The molecule has 32 heavy (non-hydrogen) atoms. The number of para-hydroxylation sites is 1. The molecule has 164 valence electrons. The highest BCUT2D eigenvalue weighted by atomic mass is 32.1. The van der Waals surface area contributed by atoms with Crippen molar-refractivity contribution in [3.8, 4) is 11.3 Å². The molecule has 2 aromatic heterocycles. The predicted octanol–water partition coefficient (Wildman–Crippen LogP) is 5.15. The van der Waals surface area contributed by atoms with Crippen LogP contribution in [0.15, 0.2) is 58.3 Å². The van der Waals surface area contributed by atoms with E-state index in [4.69, 9.17) is 9.15 Å². The molecule has 2 amide bonds. The lowest BCUT2D eigenvalue weighted by Crippen LogP contribution is -2.23. The fraction of sp³-hybridized carbons (Fsp3) is 0.208. The number of thiazole rings is 1. The lowest BCUT2D eigenvalue weighted by Gasteiger charge is -2.12. The molecule has 0 saturated heterocycles. The second kappa shape index (κ2) is 9.33. The highest BCUT2D eigenvalue weighted by Crippen LogP contribution is 2.29. The fourth-order valence-electron chi connectivity index (χ4n) is 3.52. The molecule has 2 aromatic carbocycles. The monoisotopic (exact) mass is 449 g/mol. The van der Waals surface area contributed by atoms with Gasteiger partial charge in [-0.05, 0) is 18.6 Å². The van der Waals surface area contributed by atoms with Crippen LogP contribution in [0.3, 0.4) is 0 Å². The van der Waals surface area contributed by atoms with Crippen molar-refractivity contribution in [3.63, 3.8) is 0 Å². The quantitative estimate of drug-likeness (QED) is 0.407. The molecular weight excluding hydrogens is 426 g/mol. The summed E-state index contributed by atoms with van der Waals surface area (Å²) in [5, 5.41) is 8.91. The Morgan fingerprint density at radius 1 is 1.16 bits per heavy atom. The molecule has 0 aliphatic heterocycles. The molecular formula is C24H23N3O4S. The summed E-state index contributed by atoms with van der Waals surface area (Å²) in [6.45, 7) is 3.70. The Kier molecular flexibility index (Phi) is 6.34. The van der Waals surface area contributed by atoms with Crippen LogP contribution >= 0.6 is 11.3 Å². The molecule has 2 heterocycles. The lowest BCUT2D eigenvalue weighted by atomic mass is 10.1. The Hall–Kier alpha value is -3.49. The van der Waals surface area contributed by atoms with E-state index < -0.39 is 0 Å². The minimum absolute atomic E-state index is 0.0698. The number of nitrogens with one attached hydrogen (secondary N) is 2. The van der Waals surface area contributed by atoms with Gasteiger partial charge in [-0.15, -0.1) is 11.3 Å². The van der Waals surface area contributed by atoms with Gasteiger partial charge in [-0.25, -0.2) is 4.98 Å². The molecule has 0 bridgehead atoms. The smallest absolute Gasteiger partial charge is 0.293 e. The van der Waals surface area contributed by atoms with E-state index in [1.165, 1.54) is 18.3 Å². The van der Waals surface area contributed by atoms with Crippen molar-refractivity contribution >= 4 is 39.3 Å². The maximum Gasteiger partial charge on any atom is 0.293 e. The number of ether oxygens (including phenoxy) is 1. The minimum Gasteiger partial charge on any atom is -0.451 e. The zero-order valence-electron chi connectivity index (χ0n) is 18.0. The Labute approximate surface area is 189 Å². The number of rotatable bonds is 7. The van der Waals surface area contributed by atoms with Gasteiger partial charge in [-0.2, -0.15) is 0 Å². The number of hydrogen-bond acceptors (Lipinski definition) is 6. The van der Waals surface area contributed by atoms with Crippen LogP contribution in [0.25, 0.3) is 22.2 Å². The largest absolute Gasteiger partial charge is 0.451 e. The molecule has 0 radical (unpaired) electrons. The molecule has 4 rings (SSSR count). The molecule has 0 spiro atoms. The highest BCUT2D eigenvalue weighted by Gasteiger charge is 2.21. The number of nitrogens with zero attached hydrogens (tertiary/aromatic N) is 1. The SMILES string of the molecule is COCc1c(C(=O)Nc2nc(-c3ccc(C(C)NC(C)=O)cc3)cs2)oc2ccccc12. The number of anilines is 1. The zero-order valence-corrected chi connectivity index (χ0v) is 18.8. The minimum atomic E-state index is -0.367. The summed E-state index contributed by atoms with van der Waals surface area (Å²) >= 11 is 1.34. The van der Waals surface area contributed by atoms with Gasteiger partial charge in [0.25, 0.3) is 5.91 Å². The van der Waals surface area contributed by atoms with Gasteiger partial charge in [0.05, 0.1) is 18.3 Å². The van der Waals surface area contributed by atoms with Crippen molar-refractivity contribution in [1.82, 2.24) is 10.3 Å². The molecule has 0 fully saturated rings. The van der Waals surface area contributed by atoms with E-state index in [0.717, 1.165) is 22.2 Å². The molecule has 0 aliphatic carbocycles. The number of fused-ring (bicyclic) bond motifs is 1. The third-order valence-corrected chi connectivity index (χ3v) is 5.80. The standard InChI is InChI=1S/C24H23N3O4S/c1-14(25-15(2)28)16-8-10-17(11-9-16)20-13-32-24(26-20)27-23(29)22-19(12-30-3)18-6-4-5-7-21(18)31-22/h4-11,13-14H,12H2,1-3H3,(H,25,28)(H,26,27,29). The van der Waals surface area contributed by atoms with Gasteiger partial charge in [0.15, 0.2) is 10.9 Å². The second-order valence-corrected chi connectivity index (χ2v) is 8.23. The topological polar surface area (TPSA) is 93.5 Å². The number of furan rings is 1. The van der Waals surface area contributed by atoms with Gasteiger partial charge >= 0.3 is 0 Å². The number of methoxy groups -OCH3 is 1. The van der Waals surface area contributed by atoms with Crippen molar-refractivity contribution in [3.05, 3.63) is 70.8 Å². The maximum atomic E-state index is 12.9. The first-order valence-electron chi connectivity index (χ1n) is 10.1. The molecule has 1 unspecified atom stereocenters. The fourth-order valence-corrected chi connectivity index (χ4v) is 4.23. The van der Waals surface area contributed by atoms with Gasteiger partial charge in [-0.1, -0.05) is 42.5 Å². The third kappa shape index (κ3) is 4.56. The van der Waals surface area contributed by atoms with E-state index >= 15 is 0 Å². The predicted molar refractivity (Wildman–Crippen MR) is 125 cm³/mol. The van der Waals surface area contributed by atoms with Gasteiger partial charge in [0, 0.05) is 35.9 Å². The molecule has 2 N–H and O–H groups in total. The summed E-state index contributed by atoms with van der Waals surface area (Å²) < 4.78 is 11.1. The van der Waals surface area contributed by atoms with E-state index in [2.05, 4.69) is 15.6 Å². The van der Waals surface area contributed by atoms with Crippen LogP contribution in [0.5, 0.6) is 0 Å². The first-order chi connectivity index (χ1) is 15.5. The third-order valence-electron chi connectivity index (χ3n) is 5.04. The number of benzene rings is 2. The van der Waals surface area contributed by atoms with Gasteiger partial charge in [-0.3, -0.25) is 14.9 Å². The first-order valence-corrected chi connectivity index (χ1v) is 11.0. The van der Waals surface area contributed by atoms with E-state index in [0.29, 0.717) is 16.3 Å².